The van der Waals surface area contributed by atoms with E-state index >= 15 is 0 Å². The van der Waals surface area contributed by atoms with Crippen molar-refractivity contribution in [1.82, 2.24) is 5.32 Å². The summed E-state index contributed by atoms with van der Waals surface area (Å²) >= 11 is 0. The van der Waals surface area contributed by atoms with Crippen LogP contribution in [0.3, 0.4) is 0 Å². The zero-order valence-electron chi connectivity index (χ0n) is 13.6. The molecule has 0 spiro atoms. The molecule has 0 heterocycles. The molecule has 22 heavy (non-hydrogen) atoms. The summed E-state index contributed by atoms with van der Waals surface area (Å²) in [4.78, 5) is 11.8. The predicted octanol–water partition coefficient (Wildman–Crippen LogP) is 2.52. The molecule has 1 aromatic rings. The third-order valence-corrected chi connectivity index (χ3v) is 3.16. The average molecular weight is 331 g/mol. The molecule has 0 fully saturated rings. The van der Waals surface area contributed by atoms with E-state index in [-0.39, 0.29) is 18.3 Å². The van der Waals surface area contributed by atoms with Crippen molar-refractivity contribution in [1.29, 1.82) is 0 Å². The Morgan fingerprint density at radius 1 is 1.23 bits per heavy atom. The molecule has 2 N–H and O–H groups in total. The fourth-order valence-corrected chi connectivity index (χ4v) is 1.87. The summed E-state index contributed by atoms with van der Waals surface area (Å²) in [6, 6.07) is 5.86. The molecule has 0 aromatic heterocycles. The summed E-state index contributed by atoms with van der Waals surface area (Å²) in [5.41, 5.74) is 2.98. The summed E-state index contributed by atoms with van der Waals surface area (Å²) in [6.45, 7) is 7.04. The van der Waals surface area contributed by atoms with Gasteiger partial charge < -0.3 is 20.1 Å². The number of carbonyl (C=O) groups excluding carboxylic acids is 1. The molecule has 0 radical (unpaired) electrons. The second-order valence-corrected chi connectivity index (χ2v) is 4.74. The van der Waals surface area contributed by atoms with Crippen LogP contribution in [0.4, 0.5) is 5.69 Å². The number of anilines is 1. The molecule has 1 rings (SSSR count). The first-order valence-corrected chi connectivity index (χ1v) is 7.37. The Hall–Kier alpha value is -1.14. The van der Waals surface area contributed by atoms with Gasteiger partial charge in [0.1, 0.15) is 0 Å². The molecule has 0 aliphatic heterocycles. The fourth-order valence-electron chi connectivity index (χ4n) is 1.87. The maximum atomic E-state index is 11.8. The van der Waals surface area contributed by atoms with E-state index < -0.39 is 0 Å². The van der Waals surface area contributed by atoms with Crippen LogP contribution >= 0.6 is 12.4 Å². The van der Waals surface area contributed by atoms with Crippen molar-refractivity contribution in [2.24, 2.45) is 0 Å². The highest BCUT2D eigenvalue weighted by Gasteiger charge is 2.07. The first-order chi connectivity index (χ1) is 10.2. The number of halogens is 1. The first kappa shape index (κ1) is 20.9. The molecule has 0 aliphatic carbocycles. The zero-order chi connectivity index (χ0) is 15.5. The molecular weight excluding hydrogens is 304 g/mol. The summed E-state index contributed by atoms with van der Waals surface area (Å²) in [6.07, 6.45) is 0.463. The Labute approximate surface area is 139 Å². The van der Waals surface area contributed by atoms with Gasteiger partial charge in [0.15, 0.2) is 0 Å². The molecule has 0 bridgehead atoms. The van der Waals surface area contributed by atoms with Crippen LogP contribution in [-0.2, 0) is 20.9 Å². The maximum Gasteiger partial charge on any atom is 0.225 e. The van der Waals surface area contributed by atoms with Crippen LogP contribution in [0, 0.1) is 6.92 Å². The maximum absolute atomic E-state index is 11.8. The molecule has 1 amide bonds. The number of benzene rings is 1. The molecule has 0 unspecified atom stereocenters. The van der Waals surface area contributed by atoms with Gasteiger partial charge in [0.05, 0.1) is 19.8 Å². The minimum Gasteiger partial charge on any atom is -0.379 e. The molecule has 1 aromatic carbocycles. The van der Waals surface area contributed by atoms with Crippen molar-refractivity contribution in [3.05, 3.63) is 29.3 Å². The van der Waals surface area contributed by atoms with Crippen LogP contribution in [-0.4, -0.2) is 39.3 Å². The van der Waals surface area contributed by atoms with Crippen LogP contribution in [0.1, 0.15) is 24.5 Å². The van der Waals surface area contributed by atoms with Gasteiger partial charge in [-0.25, -0.2) is 0 Å². The lowest BCUT2D eigenvalue weighted by Gasteiger charge is -2.13. The largest absolute Gasteiger partial charge is 0.379 e. The standard InChI is InChI=1S/C16H26N2O3.ClH/c1-4-20-10-11-21-12-14-6-5-7-15(13(14)2)18-16(19)8-9-17-3;/h5-7,17H,4,8-12H2,1-3H3,(H,18,19);1H. The van der Waals surface area contributed by atoms with E-state index in [0.29, 0.717) is 39.4 Å². The van der Waals surface area contributed by atoms with Crippen molar-refractivity contribution < 1.29 is 14.3 Å². The number of hydrogen-bond acceptors (Lipinski definition) is 4. The second kappa shape index (κ2) is 12.4. The van der Waals surface area contributed by atoms with Gasteiger partial charge >= 0.3 is 0 Å². The lowest BCUT2D eigenvalue weighted by molar-refractivity contribution is -0.116. The minimum atomic E-state index is 0. The molecule has 0 atom stereocenters. The highest BCUT2D eigenvalue weighted by atomic mass is 35.5. The Morgan fingerprint density at radius 3 is 2.64 bits per heavy atom. The quantitative estimate of drug-likeness (QED) is 0.647. The fraction of sp³-hybridized carbons (Fsp3) is 0.562. The second-order valence-electron chi connectivity index (χ2n) is 4.74. The Bertz CT molecular complexity index is 441. The topological polar surface area (TPSA) is 59.6 Å². The van der Waals surface area contributed by atoms with Crippen LogP contribution < -0.4 is 10.6 Å². The van der Waals surface area contributed by atoms with Crippen molar-refractivity contribution >= 4 is 24.0 Å². The summed E-state index contributed by atoms with van der Waals surface area (Å²) in [5, 5.41) is 5.90. The van der Waals surface area contributed by atoms with Gasteiger partial charge in [0, 0.05) is 25.3 Å². The van der Waals surface area contributed by atoms with Gasteiger partial charge in [-0.2, -0.15) is 0 Å². The lowest BCUT2D eigenvalue weighted by atomic mass is 10.1. The van der Waals surface area contributed by atoms with Gasteiger partial charge in [-0.3, -0.25) is 4.79 Å². The number of hydrogen-bond donors (Lipinski definition) is 2. The smallest absolute Gasteiger partial charge is 0.225 e. The van der Waals surface area contributed by atoms with E-state index in [9.17, 15) is 4.79 Å². The Kier molecular flexibility index (Phi) is 11.8. The lowest BCUT2D eigenvalue weighted by Crippen LogP contribution is -2.19. The van der Waals surface area contributed by atoms with Crippen molar-refractivity contribution in [2.75, 3.05) is 38.7 Å². The summed E-state index contributed by atoms with van der Waals surface area (Å²) in [7, 11) is 1.83. The molecule has 0 saturated carbocycles. The average Bonchev–Trinajstić information content (AvgIpc) is 2.48. The number of rotatable bonds is 10. The molecule has 0 saturated heterocycles. The number of amides is 1. The van der Waals surface area contributed by atoms with Crippen molar-refractivity contribution in [2.45, 2.75) is 26.9 Å². The van der Waals surface area contributed by atoms with Gasteiger partial charge in [-0.1, -0.05) is 12.1 Å². The summed E-state index contributed by atoms with van der Waals surface area (Å²) < 4.78 is 10.8. The third kappa shape index (κ3) is 7.75. The molecule has 5 nitrogen and oxygen atoms in total. The van der Waals surface area contributed by atoms with Crippen molar-refractivity contribution in [3.63, 3.8) is 0 Å². The van der Waals surface area contributed by atoms with E-state index in [1.807, 2.05) is 39.1 Å². The highest BCUT2D eigenvalue weighted by Crippen LogP contribution is 2.19. The van der Waals surface area contributed by atoms with Gasteiger partial charge in [0.2, 0.25) is 5.91 Å². The van der Waals surface area contributed by atoms with E-state index in [0.717, 1.165) is 16.8 Å². The van der Waals surface area contributed by atoms with Crippen LogP contribution in [0.15, 0.2) is 18.2 Å². The van der Waals surface area contributed by atoms with E-state index in [1.54, 1.807) is 0 Å². The van der Waals surface area contributed by atoms with Crippen LogP contribution in [0.25, 0.3) is 0 Å². The minimum absolute atomic E-state index is 0. The van der Waals surface area contributed by atoms with Gasteiger partial charge in [0.25, 0.3) is 0 Å². The molecular formula is C16H27ClN2O3. The zero-order valence-corrected chi connectivity index (χ0v) is 14.4. The molecule has 126 valence electrons. The van der Waals surface area contributed by atoms with Crippen LogP contribution in [0.2, 0.25) is 0 Å². The Morgan fingerprint density at radius 2 is 1.95 bits per heavy atom. The van der Waals surface area contributed by atoms with E-state index in [2.05, 4.69) is 10.6 Å². The van der Waals surface area contributed by atoms with Gasteiger partial charge in [-0.15, -0.1) is 12.4 Å². The number of nitrogens with one attached hydrogen (secondary N) is 2. The monoisotopic (exact) mass is 330 g/mol. The number of carbonyl (C=O) groups is 1. The molecule has 0 aliphatic rings. The molecule has 6 heteroatoms. The third-order valence-electron chi connectivity index (χ3n) is 3.16. The SMILES string of the molecule is CCOCCOCc1cccc(NC(=O)CCNC)c1C.Cl. The highest BCUT2D eigenvalue weighted by molar-refractivity contribution is 5.91. The van der Waals surface area contributed by atoms with E-state index in [1.165, 1.54) is 0 Å². The Balaban J connectivity index is 0.00000441. The number of ether oxygens (including phenoxy) is 2. The first-order valence-electron chi connectivity index (χ1n) is 7.37. The van der Waals surface area contributed by atoms with Crippen molar-refractivity contribution in [3.8, 4) is 0 Å². The normalized spacial score (nSPS) is 10.1. The van der Waals surface area contributed by atoms with E-state index in [4.69, 9.17) is 9.47 Å². The van der Waals surface area contributed by atoms with Gasteiger partial charge in [-0.05, 0) is 38.1 Å². The van der Waals surface area contributed by atoms with Crippen LogP contribution in [0.5, 0.6) is 0 Å². The predicted molar refractivity (Wildman–Crippen MR) is 91.7 cm³/mol. The summed E-state index contributed by atoms with van der Waals surface area (Å²) in [5.74, 6) is 0.0156.